The maximum Gasteiger partial charge on any atom is 0.276 e. The largest absolute Gasteiger partial charge is 0.486 e. The van der Waals surface area contributed by atoms with Crippen LogP contribution >= 0.6 is 0 Å². The number of rotatable bonds is 5. The molecule has 0 unspecified atom stereocenters. The zero-order chi connectivity index (χ0) is 19.3. The third-order valence-electron chi connectivity index (χ3n) is 4.42. The summed E-state index contributed by atoms with van der Waals surface area (Å²) in [7, 11) is 0. The Balaban J connectivity index is 1.38. The van der Waals surface area contributed by atoms with Gasteiger partial charge in [0, 0.05) is 18.3 Å². The summed E-state index contributed by atoms with van der Waals surface area (Å²) in [6, 6.07) is 16.8. The molecule has 28 heavy (non-hydrogen) atoms. The van der Waals surface area contributed by atoms with Gasteiger partial charge in [0.2, 0.25) is 0 Å². The van der Waals surface area contributed by atoms with E-state index in [-0.39, 0.29) is 11.6 Å². The van der Waals surface area contributed by atoms with E-state index in [0.717, 1.165) is 0 Å². The van der Waals surface area contributed by atoms with Gasteiger partial charge in [0.05, 0.1) is 0 Å². The van der Waals surface area contributed by atoms with Gasteiger partial charge in [0.15, 0.2) is 17.2 Å². The minimum Gasteiger partial charge on any atom is -0.486 e. The Morgan fingerprint density at radius 3 is 2.61 bits per heavy atom. The monoisotopic (exact) mass is 376 g/mol. The molecule has 2 heterocycles. The van der Waals surface area contributed by atoms with Crippen molar-refractivity contribution in [1.82, 2.24) is 10.2 Å². The topological polar surface area (TPSA) is 85.4 Å². The Kier molecular flexibility index (Phi) is 5.05. The number of amides is 1. The lowest BCUT2D eigenvalue weighted by Crippen LogP contribution is -2.17. The number of benzene rings is 2. The van der Waals surface area contributed by atoms with Crippen molar-refractivity contribution in [3.8, 4) is 11.5 Å². The molecule has 0 fully saturated rings. The summed E-state index contributed by atoms with van der Waals surface area (Å²) in [6.07, 6.45) is 0. The number of aryl methyl sites for hydroxylation is 1. The number of hydrogen-bond acceptors (Lipinski definition) is 6. The Bertz CT molecular complexity index is 989. The fraction of sp³-hybridized carbons (Fsp3) is 0.190. The zero-order valence-electron chi connectivity index (χ0n) is 15.4. The molecular weight excluding hydrogens is 356 g/mol. The van der Waals surface area contributed by atoms with Crippen LogP contribution in [0.4, 0.5) is 11.5 Å². The minimum atomic E-state index is -0.338. The lowest BCUT2D eigenvalue weighted by Gasteiger charge is -2.18. The van der Waals surface area contributed by atoms with Crippen LogP contribution in [0.5, 0.6) is 11.5 Å². The molecule has 7 heteroatoms. The van der Waals surface area contributed by atoms with Crippen molar-refractivity contribution in [2.24, 2.45) is 0 Å². The van der Waals surface area contributed by atoms with Crippen molar-refractivity contribution in [3.63, 3.8) is 0 Å². The van der Waals surface area contributed by atoms with E-state index >= 15 is 0 Å². The van der Waals surface area contributed by atoms with E-state index in [1.807, 2.05) is 12.1 Å². The number of nitrogens with zero attached hydrogens (tertiary/aromatic N) is 2. The number of fused-ring (bicyclic) bond motifs is 1. The highest BCUT2D eigenvalue weighted by Gasteiger charge is 2.14. The number of carbonyl (C=O) groups is 1. The first-order chi connectivity index (χ1) is 13.7. The van der Waals surface area contributed by atoms with Gasteiger partial charge in [-0.05, 0) is 42.3 Å². The maximum absolute atomic E-state index is 12.4. The first-order valence-corrected chi connectivity index (χ1v) is 9.02. The Morgan fingerprint density at radius 2 is 1.82 bits per heavy atom. The highest BCUT2D eigenvalue weighted by atomic mass is 16.6. The van der Waals surface area contributed by atoms with Crippen LogP contribution in [0.25, 0.3) is 0 Å². The van der Waals surface area contributed by atoms with Crippen molar-refractivity contribution in [1.29, 1.82) is 0 Å². The molecule has 0 saturated heterocycles. The van der Waals surface area contributed by atoms with E-state index in [2.05, 4.69) is 39.9 Å². The van der Waals surface area contributed by atoms with E-state index in [9.17, 15) is 4.79 Å². The predicted molar refractivity (Wildman–Crippen MR) is 106 cm³/mol. The molecule has 1 aromatic heterocycles. The molecule has 1 aliphatic rings. The molecule has 0 spiro atoms. The van der Waals surface area contributed by atoms with Crippen LogP contribution in [-0.4, -0.2) is 29.3 Å². The standard InChI is InChI=1S/C21H20N4O3/c1-14-4-2-3-5-15(14)13-22-20-9-7-17(24-25-20)21(26)23-16-6-8-18-19(12-16)28-11-10-27-18/h2-9,12H,10-11,13H2,1H3,(H,22,25)(H,23,26). The second kappa shape index (κ2) is 7.96. The number of carbonyl (C=O) groups excluding carboxylic acids is 1. The molecule has 0 bridgehead atoms. The molecule has 4 rings (SSSR count). The second-order valence-electron chi connectivity index (χ2n) is 6.40. The summed E-state index contributed by atoms with van der Waals surface area (Å²) >= 11 is 0. The Morgan fingerprint density at radius 1 is 1.00 bits per heavy atom. The third-order valence-corrected chi connectivity index (χ3v) is 4.42. The Hall–Kier alpha value is -3.61. The fourth-order valence-corrected chi connectivity index (χ4v) is 2.86. The van der Waals surface area contributed by atoms with E-state index in [4.69, 9.17) is 9.47 Å². The van der Waals surface area contributed by atoms with E-state index in [1.54, 1.807) is 30.3 Å². The van der Waals surface area contributed by atoms with Crippen molar-refractivity contribution < 1.29 is 14.3 Å². The zero-order valence-corrected chi connectivity index (χ0v) is 15.4. The molecule has 0 saturated carbocycles. The number of hydrogen-bond donors (Lipinski definition) is 2. The van der Waals surface area contributed by atoms with Gasteiger partial charge in [0.1, 0.15) is 19.0 Å². The quantitative estimate of drug-likeness (QED) is 0.710. The summed E-state index contributed by atoms with van der Waals surface area (Å²) in [5.74, 6) is 1.56. The van der Waals surface area contributed by atoms with Crippen LogP contribution in [0.3, 0.4) is 0 Å². The average Bonchev–Trinajstić information content (AvgIpc) is 2.73. The maximum atomic E-state index is 12.4. The van der Waals surface area contributed by atoms with Gasteiger partial charge < -0.3 is 20.1 Å². The van der Waals surface area contributed by atoms with Gasteiger partial charge in [-0.3, -0.25) is 4.79 Å². The van der Waals surface area contributed by atoms with Gasteiger partial charge in [0.25, 0.3) is 5.91 Å². The summed E-state index contributed by atoms with van der Waals surface area (Å²) in [4.78, 5) is 12.4. The number of anilines is 2. The highest BCUT2D eigenvalue weighted by Crippen LogP contribution is 2.32. The van der Waals surface area contributed by atoms with Crippen LogP contribution in [0.15, 0.2) is 54.6 Å². The molecule has 2 N–H and O–H groups in total. The van der Waals surface area contributed by atoms with Gasteiger partial charge in [-0.25, -0.2) is 0 Å². The van der Waals surface area contributed by atoms with Crippen LogP contribution in [0.2, 0.25) is 0 Å². The van der Waals surface area contributed by atoms with Gasteiger partial charge in [-0.15, -0.1) is 10.2 Å². The molecule has 7 nitrogen and oxygen atoms in total. The predicted octanol–water partition coefficient (Wildman–Crippen LogP) is 3.42. The molecule has 0 aliphatic carbocycles. The normalized spacial score (nSPS) is 12.3. The highest BCUT2D eigenvalue weighted by molar-refractivity contribution is 6.02. The van der Waals surface area contributed by atoms with Gasteiger partial charge >= 0.3 is 0 Å². The van der Waals surface area contributed by atoms with Crippen LogP contribution in [0.1, 0.15) is 21.6 Å². The van der Waals surface area contributed by atoms with E-state index < -0.39 is 0 Å². The molecule has 0 radical (unpaired) electrons. The summed E-state index contributed by atoms with van der Waals surface area (Å²) in [6.45, 7) is 3.73. The van der Waals surface area contributed by atoms with Crippen molar-refractivity contribution >= 4 is 17.4 Å². The smallest absolute Gasteiger partial charge is 0.276 e. The van der Waals surface area contributed by atoms with Crippen molar-refractivity contribution in [2.45, 2.75) is 13.5 Å². The Labute approximate surface area is 162 Å². The van der Waals surface area contributed by atoms with Crippen molar-refractivity contribution in [3.05, 3.63) is 71.4 Å². The number of ether oxygens (including phenoxy) is 2. The molecule has 2 aromatic carbocycles. The first kappa shape index (κ1) is 17.8. The molecule has 3 aromatic rings. The molecular formula is C21H20N4O3. The fourth-order valence-electron chi connectivity index (χ4n) is 2.86. The number of aromatic nitrogens is 2. The number of nitrogens with one attached hydrogen (secondary N) is 2. The molecule has 1 amide bonds. The first-order valence-electron chi connectivity index (χ1n) is 9.02. The van der Waals surface area contributed by atoms with Crippen LogP contribution in [-0.2, 0) is 6.54 Å². The second-order valence-corrected chi connectivity index (χ2v) is 6.40. The SMILES string of the molecule is Cc1ccccc1CNc1ccc(C(=O)Nc2ccc3c(c2)OCCO3)nn1. The summed E-state index contributed by atoms with van der Waals surface area (Å²) in [5, 5.41) is 14.1. The molecule has 1 aliphatic heterocycles. The van der Waals surface area contributed by atoms with Crippen LogP contribution < -0.4 is 20.1 Å². The van der Waals surface area contributed by atoms with Gasteiger partial charge in [-0.1, -0.05) is 24.3 Å². The van der Waals surface area contributed by atoms with Crippen LogP contribution in [0, 0.1) is 6.92 Å². The van der Waals surface area contributed by atoms with E-state index in [0.29, 0.717) is 42.8 Å². The lowest BCUT2D eigenvalue weighted by atomic mass is 10.1. The molecule has 0 atom stereocenters. The summed E-state index contributed by atoms with van der Waals surface area (Å²) in [5.41, 5.74) is 3.23. The van der Waals surface area contributed by atoms with E-state index in [1.165, 1.54) is 11.1 Å². The molecule has 142 valence electrons. The van der Waals surface area contributed by atoms with Crippen molar-refractivity contribution in [2.75, 3.05) is 23.8 Å². The lowest BCUT2D eigenvalue weighted by molar-refractivity contribution is 0.102. The third kappa shape index (κ3) is 4.03. The minimum absolute atomic E-state index is 0.233. The van der Waals surface area contributed by atoms with Gasteiger partial charge in [-0.2, -0.15) is 0 Å². The average molecular weight is 376 g/mol. The summed E-state index contributed by atoms with van der Waals surface area (Å²) < 4.78 is 11.0.